The first-order valence-electron chi connectivity index (χ1n) is 4.28. The summed E-state index contributed by atoms with van der Waals surface area (Å²) in [4.78, 5) is 0. The van der Waals surface area contributed by atoms with Crippen molar-refractivity contribution >= 4 is 9.84 Å². The molecule has 1 atom stereocenters. The predicted molar refractivity (Wildman–Crippen MR) is 48.2 cm³/mol. The second kappa shape index (κ2) is 4.20. The van der Waals surface area contributed by atoms with E-state index >= 15 is 0 Å². The Kier molecular flexibility index (Phi) is 3.49. The molecular formula is C7H16N2O2S. The van der Waals surface area contributed by atoms with Crippen molar-refractivity contribution in [3.63, 3.8) is 0 Å². The van der Waals surface area contributed by atoms with Crippen LogP contribution < -0.4 is 11.3 Å². The summed E-state index contributed by atoms with van der Waals surface area (Å²) < 4.78 is 22.3. The quantitative estimate of drug-likeness (QED) is 0.474. The van der Waals surface area contributed by atoms with Crippen LogP contribution in [0.3, 0.4) is 0 Å². The highest BCUT2D eigenvalue weighted by atomic mass is 32.2. The second-order valence-electron chi connectivity index (χ2n) is 3.37. The van der Waals surface area contributed by atoms with E-state index < -0.39 is 9.84 Å². The van der Waals surface area contributed by atoms with Gasteiger partial charge in [-0.05, 0) is 25.2 Å². The predicted octanol–water partition coefficient (Wildman–Crippen LogP) is -0.335. The van der Waals surface area contributed by atoms with Crippen molar-refractivity contribution < 1.29 is 8.42 Å². The van der Waals surface area contributed by atoms with Gasteiger partial charge in [0.1, 0.15) is 0 Å². The lowest BCUT2D eigenvalue weighted by Gasteiger charge is -2.21. The Morgan fingerprint density at radius 1 is 1.50 bits per heavy atom. The second-order valence-corrected chi connectivity index (χ2v) is 5.59. The molecular weight excluding hydrogens is 176 g/mol. The SMILES string of the molecule is NNCCC1CCCS(=O)(=O)C1. The fourth-order valence-electron chi connectivity index (χ4n) is 1.63. The number of hydrazine groups is 1. The van der Waals surface area contributed by atoms with Gasteiger partial charge in [-0.25, -0.2) is 8.42 Å². The van der Waals surface area contributed by atoms with Crippen LogP contribution in [0.2, 0.25) is 0 Å². The van der Waals surface area contributed by atoms with Crippen LogP contribution >= 0.6 is 0 Å². The van der Waals surface area contributed by atoms with Crippen LogP contribution in [0.15, 0.2) is 0 Å². The highest BCUT2D eigenvalue weighted by Crippen LogP contribution is 2.20. The molecule has 0 aromatic heterocycles. The van der Waals surface area contributed by atoms with E-state index in [1.165, 1.54) is 0 Å². The first kappa shape index (κ1) is 9.95. The maximum atomic E-state index is 11.2. The van der Waals surface area contributed by atoms with Crippen LogP contribution in [0, 0.1) is 5.92 Å². The van der Waals surface area contributed by atoms with E-state index in [0.29, 0.717) is 24.0 Å². The van der Waals surface area contributed by atoms with Gasteiger partial charge in [-0.3, -0.25) is 11.3 Å². The Morgan fingerprint density at radius 2 is 2.25 bits per heavy atom. The molecule has 0 spiro atoms. The Morgan fingerprint density at radius 3 is 2.83 bits per heavy atom. The van der Waals surface area contributed by atoms with Crippen LogP contribution in [-0.4, -0.2) is 26.5 Å². The molecule has 1 unspecified atom stereocenters. The van der Waals surface area contributed by atoms with E-state index in [2.05, 4.69) is 5.43 Å². The van der Waals surface area contributed by atoms with Crippen molar-refractivity contribution in [2.24, 2.45) is 11.8 Å². The summed E-state index contributed by atoms with van der Waals surface area (Å²) in [5.74, 6) is 6.16. The lowest BCUT2D eigenvalue weighted by molar-refractivity contribution is 0.446. The fourth-order valence-corrected chi connectivity index (χ4v) is 3.46. The molecule has 5 heteroatoms. The van der Waals surface area contributed by atoms with E-state index in [-0.39, 0.29) is 0 Å². The third kappa shape index (κ3) is 3.08. The number of hydrogen-bond acceptors (Lipinski definition) is 4. The van der Waals surface area contributed by atoms with Crippen LogP contribution in [0.4, 0.5) is 0 Å². The summed E-state index contributed by atoms with van der Waals surface area (Å²) in [5, 5.41) is 0. The molecule has 0 amide bonds. The molecule has 0 radical (unpaired) electrons. The smallest absolute Gasteiger partial charge is 0.150 e. The Hall–Kier alpha value is -0.130. The lowest BCUT2D eigenvalue weighted by Crippen LogP contribution is -2.30. The van der Waals surface area contributed by atoms with Crippen LogP contribution in [0.1, 0.15) is 19.3 Å². The molecule has 1 aliphatic heterocycles. The standard InChI is InChI=1S/C7H16N2O2S/c8-9-4-3-7-2-1-5-12(10,11)6-7/h7,9H,1-6,8H2. The normalized spacial score (nSPS) is 28.6. The molecule has 0 aliphatic carbocycles. The minimum absolute atomic E-state index is 0.319. The van der Waals surface area contributed by atoms with Crippen molar-refractivity contribution in [2.75, 3.05) is 18.1 Å². The maximum Gasteiger partial charge on any atom is 0.150 e. The molecule has 0 bridgehead atoms. The van der Waals surface area contributed by atoms with Gasteiger partial charge in [0, 0.05) is 6.54 Å². The number of sulfone groups is 1. The number of hydrogen-bond donors (Lipinski definition) is 2. The van der Waals surface area contributed by atoms with E-state index in [1.807, 2.05) is 0 Å². The van der Waals surface area contributed by atoms with E-state index in [1.54, 1.807) is 0 Å². The van der Waals surface area contributed by atoms with Gasteiger partial charge in [0.15, 0.2) is 9.84 Å². The molecule has 1 fully saturated rings. The molecule has 3 N–H and O–H groups in total. The van der Waals surface area contributed by atoms with E-state index in [4.69, 9.17) is 5.84 Å². The number of nitrogens with one attached hydrogen (secondary N) is 1. The molecule has 12 heavy (non-hydrogen) atoms. The molecule has 0 aromatic carbocycles. The summed E-state index contributed by atoms with van der Waals surface area (Å²) in [7, 11) is -2.73. The maximum absolute atomic E-state index is 11.2. The Labute approximate surface area is 73.4 Å². The van der Waals surface area contributed by atoms with Gasteiger partial charge in [-0.15, -0.1) is 0 Å². The first-order valence-corrected chi connectivity index (χ1v) is 6.10. The van der Waals surface area contributed by atoms with Gasteiger partial charge in [0.05, 0.1) is 11.5 Å². The van der Waals surface area contributed by atoms with Gasteiger partial charge < -0.3 is 0 Å². The molecule has 1 heterocycles. The average molecular weight is 192 g/mol. The van der Waals surface area contributed by atoms with Crippen molar-refractivity contribution in [2.45, 2.75) is 19.3 Å². The van der Waals surface area contributed by atoms with Crippen LogP contribution in [0.5, 0.6) is 0 Å². The first-order chi connectivity index (χ1) is 5.64. The van der Waals surface area contributed by atoms with Gasteiger partial charge in [0.2, 0.25) is 0 Å². The summed E-state index contributed by atoms with van der Waals surface area (Å²) in [5.41, 5.74) is 2.55. The van der Waals surface area contributed by atoms with Crippen molar-refractivity contribution in [3.8, 4) is 0 Å². The topological polar surface area (TPSA) is 72.2 Å². The van der Waals surface area contributed by atoms with Gasteiger partial charge in [-0.1, -0.05) is 0 Å². The van der Waals surface area contributed by atoms with E-state index in [0.717, 1.165) is 19.3 Å². The monoisotopic (exact) mass is 192 g/mol. The number of rotatable bonds is 3. The average Bonchev–Trinajstić information content (AvgIpc) is 1.99. The van der Waals surface area contributed by atoms with Gasteiger partial charge >= 0.3 is 0 Å². The van der Waals surface area contributed by atoms with Crippen molar-refractivity contribution in [3.05, 3.63) is 0 Å². The highest BCUT2D eigenvalue weighted by molar-refractivity contribution is 7.91. The molecule has 4 nitrogen and oxygen atoms in total. The molecule has 0 saturated carbocycles. The van der Waals surface area contributed by atoms with E-state index in [9.17, 15) is 8.42 Å². The van der Waals surface area contributed by atoms with Gasteiger partial charge in [-0.2, -0.15) is 0 Å². The summed E-state index contributed by atoms with van der Waals surface area (Å²) >= 11 is 0. The Bertz CT molecular complexity index is 226. The third-order valence-corrected chi connectivity index (χ3v) is 4.14. The molecule has 0 aromatic rings. The summed E-state index contributed by atoms with van der Waals surface area (Å²) in [6.45, 7) is 0.709. The molecule has 72 valence electrons. The lowest BCUT2D eigenvalue weighted by atomic mass is 10.0. The zero-order valence-electron chi connectivity index (χ0n) is 7.12. The third-order valence-electron chi connectivity index (χ3n) is 2.25. The van der Waals surface area contributed by atoms with Crippen LogP contribution in [0.25, 0.3) is 0 Å². The molecule has 1 rings (SSSR count). The summed E-state index contributed by atoms with van der Waals surface area (Å²) in [6, 6.07) is 0. The Balaban J connectivity index is 2.36. The zero-order chi connectivity index (χ0) is 9.03. The number of nitrogens with two attached hydrogens (primary N) is 1. The fraction of sp³-hybridized carbons (Fsp3) is 1.00. The zero-order valence-corrected chi connectivity index (χ0v) is 7.94. The van der Waals surface area contributed by atoms with Gasteiger partial charge in [0.25, 0.3) is 0 Å². The van der Waals surface area contributed by atoms with Crippen LogP contribution in [-0.2, 0) is 9.84 Å². The minimum atomic E-state index is -2.73. The minimum Gasteiger partial charge on any atom is -0.271 e. The molecule has 1 aliphatic rings. The summed E-state index contributed by atoms with van der Waals surface area (Å²) in [6.07, 6.45) is 2.72. The highest BCUT2D eigenvalue weighted by Gasteiger charge is 2.23. The molecule has 1 saturated heterocycles. The van der Waals surface area contributed by atoms with Crippen molar-refractivity contribution in [1.82, 2.24) is 5.43 Å². The van der Waals surface area contributed by atoms with Crippen molar-refractivity contribution in [1.29, 1.82) is 0 Å². The largest absolute Gasteiger partial charge is 0.271 e.